The van der Waals surface area contributed by atoms with Crippen LogP contribution in [0.3, 0.4) is 0 Å². The third-order valence-corrected chi connectivity index (χ3v) is 2.05. The van der Waals surface area contributed by atoms with E-state index in [9.17, 15) is 0 Å². The van der Waals surface area contributed by atoms with Gasteiger partial charge < -0.3 is 10.6 Å². The highest BCUT2D eigenvalue weighted by molar-refractivity contribution is 6.29. The largest absolute Gasteiger partial charge is 0.368 e. The maximum absolute atomic E-state index is 8.68. The van der Waals surface area contributed by atoms with Crippen LogP contribution in [0.25, 0.3) is 0 Å². The molecule has 0 fully saturated rings. The number of nitriles is 1. The van der Waals surface area contributed by atoms with Gasteiger partial charge in [-0.2, -0.15) is 10.2 Å². The average molecular weight is 226 g/mol. The molecule has 1 rings (SSSR count). The van der Waals surface area contributed by atoms with E-state index in [0.29, 0.717) is 17.5 Å². The summed E-state index contributed by atoms with van der Waals surface area (Å²) in [5.74, 6) is 0.675. The number of hydrogen-bond acceptors (Lipinski definition) is 5. The number of nitrogens with zero attached hydrogens (tertiary/aromatic N) is 4. The second-order valence-electron chi connectivity index (χ2n) is 3.32. The minimum absolute atomic E-state index is 0.0787. The highest BCUT2D eigenvalue weighted by Crippen LogP contribution is 2.16. The van der Waals surface area contributed by atoms with Crippen molar-refractivity contribution < 1.29 is 0 Å². The third kappa shape index (κ3) is 3.26. The number of anilines is 2. The molecule has 15 heavy (non-hydrogen) atoms. The first kappa shape index (κ1) is 11.5. The number of halogens is 1. The fraction of sp³-hybridized carbons (Fsp3) is 0.444. The van der Waals surface area contributed by atoms with Crippen LogP contribution < -0.4 is 10.6 Å². The number of nitrogens with two attached hydrogens (primary N) is 1. The van der Waals surface area contributed by atoms with Gasteiger partial charge in [-0.25, -0.2) is 4.98 Å². The van der Waals surface area contributed by atoms with Gasteiger partial charge in [0.2, 0.25) is 5.95 Å². The van der Waals surface area contributed by atoms with Gasteiger partial charge in [0.05, 0.1) is 12.0 Å². The molecule has 0 saturated carbocycles. The Kier molecular flexibility index (Phi) is 3.69. The maximum atomic E-state index is 8.68. The lowest BCUT2D eigenvalue weighted by atomic mass is 10.2. The summed E-state index contributed by atoms with van der Waals surface area (Å²) in [6, 6.07) is 3.76. The predicted octanol–water partition coefficient (Wildman–Crippen LogP) is 1.31. The van der Waals surface area contributed by atoms with Crippen LogP contribution in [0.5, 0.6) is 0 Å². The lowest BCUT2D eigenvalue weighted by Gasteiger charge is -2.19. The van der Waals surface area contributed by atoms with Crippen molar-refractivity contribution in [3.63, 3.8) is 0 Å². The summed E-state index contributed by atoms with van der Waals surface area (Å²) in [7, 11) is 1.83. The fourth-order valence-corrected chi connectivity index (χ4v) is 1.35. The molecule has 1 heterocycles. The third-order valence-electron chi connectivity index (χ3n) is 1.86. The molecule has 80 valence electrons. The van der Waals surface area contributed by atoms with E-state index in [2.05, 4.69) is 16.0 Å². The fourth-order valence-electron chi connectivity index (χ4n) is 1.16. The SMILES string of the molecule is CC(C#N)CN(C)c1cc(Cl)nc(N)n1. The molecule has 0 amide bonds. The van der Waals surface area contributed by atoms with Crippen LogP contribution in [0.1, 0.15) is 6.92 Å². The molecule has 6 heteroatoms. The van der Waals surface area contributed by atoms with Gasteiger partial charge in [-0.05, 0) is 6.92 Å². The van der Waals surface area contributed by atoms with Gasteiger partial charge in [-0.3, -0.25) is 0 Å². The van der Waals surface area contributed by atoms with Crippen LogP contribution in [0.4, 0.5) is 11.8 Å². The maximum Gasteiger partial charge on any atom is 0.223 e. The Bertz CT molecular complexity index is 366. The summed E-state index contributed by atoms with van der Waals surface area (Å²) < 4.78 is 0. The lowest BCUT2D eigenvalue weighted by molar-refractivity contribution is 0.710. The van der Waals surface area contributed by atoms with Gasteiger partial charge in [-0.1, -0.05) is 11.6 Å². The topological polar surface area (TPSA) is 78.8 Å². The normalized spacial score (nSPS) is 11.9. The van der Waals surface area contributed by atoms with E-state index < -0.39 is 0 Å². The number of nitrogen functional groups attached to an aromatic ring is 1. The van der Waals surface area contributed by atoms with E-state index in [1.54, 1.807) is 6.07 Å². The molecule has 0 aliphatic heterocycles. The first-order valence-electron chi connectivity index (χ1n) is 4.43. The van der Waals surface area contributed by atoms with Crippen molar-refractivity contribution in [3.05, 3.63) is 11.2 Å². The van der Waals surface area contributed by atoms with Crippen LogP contribution in [0.15, 0.2) is 6.07 Å². The molecule has 0 aliphatic carbocycles. The molecule has 0 aliphatic rings. The summed E-state index contributed by atoms with van der Waals surface area (Å²) in [6.07, 6.45) is 0. The monoisotopic (exact) mass is 225 g/mol. The highest BCUT2D eigenvalue weighted by Gasteiger charge is 2.09. The Morgan fingerprint density at radius 2 is 2.33 bits per heavy atom. The van der Waals surface area contributed by atoms with E-state index in [1.807, 2.05) is 18.9 Å². The Hall–Kier alpha value is -1.54. The van der Waals surface area contributed by atoms with E-state index in [1.165, 1.54) is 0 Å². The minimum atomic E-state index is -0.0787. The van der Waals surface area contributed by atoms with Gasteiger partial charge in [-0.15, -0.1) is 0 Å². The predicted molar refractivity (Wildman–Crippen MR) is 59.5 cm³/mol. The van der Waals surface area contributed by atoms with E-state index in [0.717, 1.165) is 0 Å². The van der Waals surface area contributed by atoms with E-state index in [-0.39, 0.29) is 11.9 Å². The zero-order chi connectivity index (χ0) is 11.4. The summed E-state index contributed by atoms with van der Waals surface area (Å²) >= 11 is 5.74. The molecular formula is C9H12ClN5. The lowest BCUT2D eigenvalue weighted by Crippen LogP contribution is -2.24. The molecule has 1 atom stereocenters. The van der Waals surface area contributed by atoms with Crippen molar-refractivity contribution in [3.8, 4) is 6.07 Å². The Labute approximate surface area is 93.5 Å². The summed E-state index contributed by atoms with van der Waals surface area (Å²) in [5.41, 5.74) is 5.46. The Balaban J connectivity index is 2.82. The van der Waals surface area contributed by atoms with Crippen molar-refractivity contribution in [2.24, 2.45) is 5.92 Å². The van der Waals surface area contributed by atoms with Gasteiger partial charge >= 0.3 is 0 Å². The molecule has 0 aromatic carbocycles. The highest BCUT2D eigenvalue weighted by atomic mass is 35.5. The Morgan fingerprint density at radius 3 is 2.87 bits per heavy atom. The first-order chi connectivity index (χ1) is 7.02. The van der Waals surface area contributed by atoms with Gasteiger partial charge in [0.25, 0.3) is 0 Å². The number of aromatic nitrogens is 2. The molecule has 1 unspecified atom stereocenters. The van der Waals surface area contributed by atoms with Crippen molar-refractivity contribution >= 4 is 23.4 Å². The van der Waals surface area contributed by atoms with E-state index in [4.69, 9.17) is 22.6 Å². The molecule has 0 saturated heterocycles. The van der Waals surface area contributed by atoms with Crippen molar-refractivity contribution in [2.75, 3.05) is 24.2 Å². The van der Waals surface area contributed by atoms with Crippen LogP contribution in [-0.2, 0) is 0 Å². The van der Waals surface area contributed by atoms with Gasteiger partial charge in [0, 0.05) is 19.7 Å². The van der Waals surface area contributed by atoms with Crippen molar-refractivity contribution in [1.82, 2.24) is 9.97 Å². The zero-order valence-corrected chi connectivity index (χ0v) is 9.36. The van der Waals surface area contributed by atoms with Gasteiger partial charge in [0.15, 0.2) is 0 Å². The smallest absolute Gasteiger partial charge is 0.223 e. The number of hydrogen-bond donors (Lipinski definition) is 1. The summed E-state index contributed by atoms with van der Waals surface area (Å²) in [4.78, 5) is 9.59. The second-order valence-corrected chi connectivity index (χ2v) is 3.70. The molecule has 5 nitrogen and oxygen atoms in total. The molecule has 1 aromatic rings. The molecule has 2 N–H and O–H groups in total. The van der Waals surface area contributed by atoms with Crippen LogP contribution in [0, 0.1) is 17.2 Å². The van der Waals surface area contributed by atoms with E-state index >= 15 is 0 Å². The zero-order valence-electron chi connectivity index (χ0n) is 8.61. The average Bonchev–Trinajstić information content (AvgIpc) is 2.16. The quantitative estimate of drug-likeness (QED) is 0.785. The second kappa shape index (κ2) is 4.80. The van der Waals surface area contributed by atoms with Crippen LogP contribution in [-0.4, -0.2) is 23.6 Å². The van der Waals surface area contributed by atoms with Gasteiger partial charge in [0.1, 0.15) is 11.0 Å². The van der Waals surface area contributed by atoms with Crippen molar-refractivity contribution in [2.45, 2.75) is 6.92 Å². The minimum Gasteiger partial charge on any atom is -0.368 e. The first-order valence-corrected chi connectivity index (χ1v) is 4.81. The van der Waals surface area contributed by atoms with Crippen molar-refractivity contribution in [1.29, 1.82) is 5.26 Å². The molecule has 0 spiro atoms. The van der Waals surface area contributed by atoms with Crippen LogP contribution in [0.2, 0.25) is 5.15 Å². The van der Waals surface area contributed by atoms with Crippen LogP contribution >= 0.6 is 11.6 Å². The molecule has 0 radical (unpaired) electrons. The standard InChI is InChI=1S/C9H12ClN5/c1-6(4-11)5-15(2)8-3-7(10)13-9(12)14-8/h3,6H,5H2,1-2H3,(H2,12,13,14). The molecule has 0 bridgehead atoms. The molecular weight excluding hydrogens is 214 g/mol. The summed E-state index contributed by atoms with van der Waals surface area (Å²) in [6.45, 7) is 2.41. The summed E-state index contributed by atoms with van der Waals surface area (Å²) in [5, 5.41) is 8.98. The Morgan fingerprint density at radius 1 is 1.67 bits per heavy atom. The molecule has 1 aromatic heterocycles. The number of rotatable bonds is 3.